The van der Waals surface area contributed by atoms with Crippen LogP contribution in [0.3, 0.4) is 0 Å². The molecule has 1 heterocycles. The molecule has 4 amide bonds. The van der Waals surface area contributed by atoms with Gasteiger partial charge in [-0.05, 0) is 60.1 Å². The van der Waals surface area contributed by atoms with Gasteiger partial charge < -0.3 is 29.6 Å². The molecule has 1 unspecified atom stereocenters. The maximum absolute atomic E-state index is 13.5. The Morgan fingerprint density at radius 3 is 2.31 bits per heavy atom. The summed E-state index contributed by atoms with van der Waals surface area (Å²) in [6.45, 7) is 4.96. The number of fused-ring (bicyclic) bond motifs is 3. The average molecular weight is 724 g/mol. The monoisotopic (exact) mass is 723 g/mol. The molecular weight excluding hydrogens is 674 g/mol. The molecule has 14 heteroatoms. The van der Waals surface area contributed by atoms with Crippen molar-refractivity contribution in [1.82, 2.24) is 10.4 Å². The first-order chi connectivity index (χ1) is 25.2. The SMILES string of the molecule is CCCCOCCNC(=O)CCCC(=O)Nc1ccc2c(c1)C(COC(=O)ON1C(=O)CCC1=O)c1cccc(C(=O)CCCOCCCOC)c1-2. The molecule has 0 aromatic heterocycles. The molecule has 2 aliphatic rings. The van der Waals surface area contributed by atoms with Crippen LogP contribution in [0.5, 0.6) is 0 Å². The fourth-order valence-electron chi connectivity index (χ4n) is 6.02. The molecule has 282 valence electrons. The highest BCUT2D eigenvalue weighted by molar-refractivity contribution is 6.05. The molecule has 2 N–H and O–H groups in total. The number of anilines is 1. The van der Waals surface area contributed by atoms with Gasteiger partial charge in [0.1, 0.15) is 6.61 Å². The molecule has 1 atom stereocenters. The fourth-order valence-corrected chi connectivity index (χ4v) is 6.02. The number of unbranched alkanes of at least 4 members (excludes halogenated alkanes) is 1. The minimum atomic E-state index is -1.21. The van der Waals surface area contributed by atoms with E-state index in [2.05, 4.69) is 17.6 Å². The van der Waals surface area contributed by atoms with E-state index in [9.17, 15) is 28.8 Å². The molecule has 1 saturated heterocycles. The van der Waals surface area contributed by atoms with Crippen LogP contribution in [0.1, 0.15) is 98.5 Å². The van der Waals surface area contributed by atoms with E-state index in [1.807, 2.05) is 12.1 Å². The highest BCUT2D eigenvalue weighted by atomic mass is 16.8. The van der Waals surface area contributed by atoms with Crippen LogP contribution in [-0.2, 0) is 43.0 Å². The number of nitrogens with one attached hydrogen (secondary N) is 2. The van der Waals surface area contributed by atoms with Crippen LogP contribution < -0.4 is 10.6 Å². The number of ketones is 1. The lowest BCUT2D eigenvalue weighted by atomic mass is 9.93. The second-order valence-electron chi connectivity index (χ2n) is 12.6. The van der Waals surface area contributed by atoms with Crippen molar-refractivity contribution in [1.29, 1.82) is 0 Å². The topological polar surface area (TPSA) is 176 Å². The van der Waals surface area contributed by atoms with Crippen LogP contribution in [0.4, 0.5) is 10.5 Å². The maximum Gasteiger partial charge on any atom is 0.533 e. The maximum atomic E-state index is 13.5. The van der Waals surface area contributed by atoms with Gasteiger partial charge in [-0.25, -0.2) is 4.79 Å². The molecular formula is C38H49N3O11. The first-order valence-electron chi connectivity index (χ1n) is 17.9. The summed E-state index contributed by atoms with van der Waals surface area (Å²) < 4.78 is 21.5. The third-order valence-electron chi connectivity index (χ3n) is 8.64. The molecule has 1 aliphatic heterocycles. The van der Waals surface area contributed by atoms with E-state index in [0.717, 1.165) is 30.4 Å². The number of rotatable bonds is 23. The van der Waals surface area contributed by atoms with Crippen molar-refractivity contribution in [3.05, 3.63) is 53.1 Å². The molecule has 2 aromatic carbocycles. The molecule has 14 nitrogen and oxygen atoms in total. The van der Waals surface area contributed by atoms with Crippen molar-refractivity contribution < 1.29 is 52.6 Å². The predicted octanol–water partition coefficient (Wildman–Crippen LogP) is 5.07. The summed E-state index contributed by atoms with van der Waals surface area (Å²) in [5, 5.41) is 6.09. The van der Waals surface area contributed by atoms with E-state index in [1.54, 1.807) is 31.4 Å². The van der Waals surface area contributed by atoms with Crippen LogP contribution in [0.15, 0.2) is 36.4 Å². The minimum absolute atomic E-state index is 0.0530. The lowest BCUT2D eigenvalue weighted by molar-refractivity contribution is -0.177. The zero-order valence-corrected chi connectivity index (χ0v) is 30.0. The summed E-state index contributed by atoms with van der Waals surface area (Å²) in [6.07, 6.45) is 2.94. The average Bonchev–Trinajstić information content (AvgIpc) is 3.62. The number of carbonyl (C=O) groups excluding carboxylic acids is 6. The van der Waals surface area contributed by atoms with Gasteiger partial charge in [0.15, 0.2) is 5.78 Å². The van der Waals surface area contributed by atoms with E-state index in [0.29, 0.717) is 79.9 Å². The van der Waals surface area contributed by atoms with Gasteiger partial charge in [-0.15, -0.1) is 0 Å². The third kappa shape index (κ3) is 11.7. The molecule has 1 aliphatic carbocycles. The molecule has 0 spiro atoms. The summed E-state index contributed by atoms with van der Waals surface area (Å²) in [4.78, 5) is 79.9. The summed E-state index contributed by atoms with van der Waals surface area (Å²) in [6, 6.07) is 10.7. The normalized spacial score (nSPS) is 14.6. The molecule has 0 radical (unpaired) electrons. The Labute approximate surface area is 303 Å². The largest absolute Gasteiger partial charge is 0.533 e. The predicted molar refractivity (Wildman–Crippen MR) is 189 cm³/mol. The zero-order chi connectivity index (χ0) is 37.3. The summed E-state index contributed by atoms with van der Waals surface area (Å²) >= 11 is 0. The summed E-state index contributed by atoms with van der Waals surface area (Å²) in [7, 11) is 1.63. The van der Waals surface area contributed by atoms with Crippen LogP contribution in [0, 0.1) is 0 Å². The van der Waals surface area contributed by atoms with Crippen molar-refractivity contribution >= 4 is 41.3 Å². The lowest BCUT2D eigenvalue weighted by Crippen LogP contribution is -2.32. The van der Waals surface area contributed by atoms with Gasteiger partial charge in [0.05, 0.1) is 6.61 Å². The molecule has 4 rings (SSSR count). The number of Topliss-reactive ketones (excluding diaryl/α,β-unsaturated/α-hetero) is 1. The van der Waals surface area contributed by atoms with Crippen LogP contribution in [-0.4, -0.2) is 93.9 Å². The van der Waals surface area contributed by atoms with E-state index in [1.165, 1.54) is 0 Å². The number of carbonyl (C=O) groups is 6. The number of imide groups is 1. The van der Waals surface area contributed by atoms with Crippen molar-refractivity contribution in [3.63, 3.8) is 0 Å². The number of hydroxylamine groups is 2. The first kappa shape index (κ1) is 40.1. The Morgan fingerprint density at radius 1 is 0.808 bits per heavy atom. The summed E-state index contributed by atoms with van der Waals surface area (Å²) in [5.74, 6) is -2.30. The number of benzene rings is 2. The Kier molecular flexibility index (Phi) is 16.2. The van der Waals surface area contributed by atoms with Crippen molar-refractivity contribution in [2.24, 2.45) is 0 Å². The van der Waals surface area contributed by atoms with Gasteiger partial charge in [0, 0.05) is 89.4 Å². The number of nitrogens with zero attached hydrogens (tertiary/aromatic N) is 1. The Balaban J connectivity index is 1.42. The molecule has 2 aromatic rings. The summed E-state index contributed by atoms with van der Waals surface area (Å²) in [5.41, 5.74) is 3.90. The van der Waals surface area contributed by atoms with Crippen LogP contribution in [0.25, 0.3) is 11.1 Å². The van der Waals surface area contributed by atoms with Crippen LogP contribution >= 0.6 is 0 Å². The number of ether oxygens (including phenoxy) is 4. The van der Waals surface area contributed by atoms with Gasteiger partial charge in [-0.2, -0.15) is 0 Å². The number of hydrogen-bond donors (Lipinski definition) is 2. The van der Waals surface area contributed by atoms with Crippen molar-refractivity contribution in [2.75, 3.05) is 58.6 Å². The highest BCUT2D eigenvalue weighted by Gasteiger charge is 2.36. The quantitative estimate of drug-likeness (QED) is 0.0678. The lowest BCUT2D eigenvalue weighted by Gasteiger charge is -2.17. The van der Waals surface area contributed by atoms with Gasteiger partial charge >= 0.3 is 6.16 Å². The molecule has 1 fully saturated rings. The van der Waals surface area contributed by atoms with E-state index in [4.69, 9.17) is 23.8 Å². The van der Waals surface area contributed by atoms with Gasteiger partial charge in [0.25, 0.3) is 11.8 Å². The molecule has 0 saturated carbocycles. The Morgan fingerprint density at radius 2 is 1.54 bits per heavy atom. The third-order valence-corrected chi connectivity index (χ3v) is 8.64. The standard InChI is InChI=1S/C38H49N3O11/c1-3-4-20-50-23-18-39-33(43)12-6-13-34(44)40-26-14-15-28-30(24-26)31(25-51-38(47)52-41-35(45)16-17-36(41)46)27-9-5-10-29(37(27)28)32(42)11-7-21-49-22-8-19-48-2/h5,9-10,14-15,24,31H,3-4,6-8,11-13,16-23,25H2,1-2H3,(H,39,43)(H,40,44). The second-order valence-corrected chi connectivity index (χ2v) is 12.6. The zero-order valence-electron chi connectivity index (χ0n) is 30.0. The number of methoxy groups -OCH3 is 1. The Hall–Kier alpha value is -4.66. The molecule has 52 heavy (non-hydrogen) atoms. The van der Waals surface area contributed by atoms with Crippen molar-refractivity contribution in [2.45, 2.75) is 77.0 Å². The fraction of sp³-hybridized carbons (Fsp3) is 0.526. The number of hydrogen-bond acceptors (Lipinski definition) is 11. The smallest absolute Gasteiger partial charge is 0.432 e. The van der Waals surface area contributed by atoms with Crippen LogP contribution in [0.2, 0.25) is 0 Å². The number of amides is 4. The van der Waals surface area contributed by atoms with Gasteiger partial charge in [-0.3, -0.25) is 28.8 Å². The van der Waals surface area contributed by atoms with E-state index in [-0.39, 0.29) is 56.3 Å². The first-order valence-corrected chi connectivity index (χ1v) is 17.9. The van der Waals surface area contributed by atoms with Gasteiger partial charge in [-0.1, -0.05) is 42.7 Å². The minimum Gasteiger partial charge on any atom is -0.432 e. The molecule has 0 bridgehead atoms. The van der Waals surface area contributed by atoms with E-state index >= 15 is 0 Å². The van der Waals surface area contributed by atoms with E-state index < -0.39 is 23.9 Å². The Bertz CT molecular complexity index is 1560. The van der Waals surface area contributed by atoms with Gasteiger partial charge in [0.2, 0.25) is 11.8 Å². The highest BCUT2D eigenvalue weighted by Crippen LogP contribution is 2.48. The van der Waals surface area contributed by atoms with Crippen molar-refractivity contribution in [3.8, 4) is 11.1 Å². The second kappa shape index (κ2) is 21.0.